The SMILES string of the molecule is COC(CNc1cc(Br)nc(C(C)(C)C)n1)OC. The molecule has 102 valence electrons. The van der Waals surface area contributed by atoms with E-state index in [0.717, 1.165) is 16.2 Å². The van der Waals surface area contributed by atoms with Crippen LogP contribution in [-0.4, -0.2) is 37.0 Å². The molecule has 0 aromatic carbocycles. The second-order valence-corrected chi connectivity index (χ2v) is 5.74. The smallest absolute Gasteiger partial charge is 0.173 e. The molecule has 0 bridgehead atoms. The Labute approximate surface area is 116 Å². The van der Waals surface area contributed by atoms with E-state index in [1.807, 2.05) is 6.07 Å². The van der Waals surface area contributed by atoms with Gasteiger partial charge in [-0.25, -0.2) is 9.97 Å². The van der Waals surface area contributed by atoms with Crippen molar-refractivity contribution in [3.8, 4) is 0 Å². The third-order valence-corrected chi connectivity index (χ3v) is 2.75. The molecule has 0 aliphatic heterocycles. The molecule has 18 heavy (non-hydrogen) atoms. The lowest BCUT2D eigenvalue weighted by Gasteiger charge is -2.19. The highest BCUT2D eigenvalue weighted by Gasteiger charge is 2.18. The van der Waals surface area contributed by atoms with Crippen LogP contribution in [0.1, 0.15) is 26.6 Å². The Morgan fingerprint density at radius 1 is 1.28 bits per heavy atom. The van der Waals surface area contributed by atoms with Gasteiger partial charge in [0.1, 0.15) is 16.2 Å². The van der Waals surface area contributed by atoms with Crippen molar-refractivity contribution in [3.05, 3.63) is 16.5 Å². The van der Waals surface area contributed by atoms with E-state index in [2.05, 4.69) is 52.0 Å². The number of nitrogens with one attached hydrogen (secondary N) is 1. The fourth-order valence-electron chi connectivity index (χ4n) is 1.29. The number of hydrogen-bond acceptors (Lipinski definition) is 5. The second-order valence-electron chi connectivity index (χ2n) is 4.93. The molecule has 1 heterocycles. The molecule has 1 aromatic heterocycles. The molecule has 5 nitrogen and oxygen atoms in total. The van der Waals surface area contributed by atoms with Gasteiger partial charge >= 0.3 is 0 Å². The minimum atomic E-state index is -0.295. The maximum atomic E-state index is 5.11. The highest BCUT2D eigenvalue weighted by atomic mass is 79.9. The molecule has 0 radical (unpaired) electrons. The van der Waals surface area contributed by atoms with Crippen molar-refractivity contribution in [3.63, 3.8) is 0 Å². The first-order chi connectivity index (χ1) is 8.36. The van der Waals surface area contributed by atoms with Crippen molar-refractivity contribution in [2.45, 2.75) is 32.5 Å². The summed E-state index contributed by atoms with van der Waals surface area (Å²) in [5, 5.41) is 3.17. The normalized spacial score (nSPS) is 11.9. The lowest BCUT2D eigenvalue weighted by atomic mass is 9.96. The summed E-state index contributed by atoms with van der Waals surface area (Å²) in [5.41, 5.74) is -0.0951. The monoisotopic (exact) mass is 317 g/mol. The first kappa shape index (κ1) is 15.3. The predicted octanol–water partition coefficient (Wildman–Crippen LogP) is 2.57. The first-order valence-electron chi connectivity index (χ1n) is 5.71. The van der Waals surface area contributed by atoms with Gasteiger partial charge < -0.3 is 14.8 Å². The molecule has 0 aliphatic carbocycles. The number of rotatable bonds is 5. The average Bonchev–Trinajstić information content (AvgIpc) is 2.28. The lowest BCUT2D eigenvalue weighted by molar-refractivity contribution is -0.0914. The minimum absolute atomic E-state index is 0.0951. The van der Waals surface area contributed by atoms with Crippen LogP contribution in [0.25, 0.3) is 0 Å². The topological polar surface area (TPSA) is 56.3 Å². The van der Waals surface area contributed by atoms with Crippen LogP contribution in [-0.2, 0) is 14.9 Å². The van der Waals surface area contributed by atoms with E-state index in [1.54, 1.807) is 14.2 Å². The predicted molar refractivity (Wildman–Crippen MR) is 74.7 cm³/mol. The summed E-state index contributed by atoms with van der Waals surface area (Å²) in [6, 6.07) is 1.83. The van der Waals surface area contributed by atoms with E-state index in [0.29, 0.717) is 6.54 Å². The van der Waals surface area contributed by atoms with Gasteiger partial charge in [-0.3, -0.25) is 0 Å². The van der Waals surface area contributed by atoms with Gasteiger partial charge in [-0.15, -0.1) is 0 Å². The van der Waals surface area contributed by atoms with Gasteiger partial charge in [0.15, 0.2) is 6.29 Å². The third-order valence-electron chi connectivity index (χ3n) is 2.34. The van der Waals surface area contributed by atoms with Gasteiger partial charge in [-0.1, -0.05) is 20.8 Å². The Balaban J connectivity index is 2.81. The number of nitrogens with zero attached hydrogens (tertiary/aromatic N) is 2. The van der Waals surface area contributed by atoms with Crippen LogP contribution in [0.3, 0.4) is 0 Å². The molecule has 6 heteroatoms. The van der Waals surface area contributed by atoms with Crippen LogP contribution in [0.2, 0.25) is 0 Å². The molecule has 0 unspecified atom stereocenters. The van der Waals surface area contributed by atoms with Crippen molar-refractivity contribution in [1.82, 2.24) is 9.97 Å². The quantitative estimate of drug-likeness (QED) is 0.668. The molecule has 0 saturated carbocycles. The summed E-state index contributed by atoms with van der Waals surface area (Å²) in [7, 11) is 3.21. The molecular weight excluding hydrogens is 298 g/mol. The van der Waals surface area contributed by atoms with Crippen molar-refractivity contribution in [2.75, 3.05) is 26.1 Å². The standard InChI is InChI=1S/C12H20BrN3O2/c1-12(2,3)11-15-8(13)6-9(16-11)14-7-10(17-4)18-5/h6,10H,7H2,1-5H3,(H,14,15,16). The Kier molecular flexibility index (Phi) is 5.49. The van der Waals surface area contributed by atoms with E-state index in [9.17, 15) is 0 Å². The maximum absolute atomic E-state index is 5.11. The van der Waals surface area contributed by atoms with E-state index >= 15 is 0 Å². The summed E-state index contributed by atoms with van der Waals surface area (Å²) in [5.74, 6) is 1.53. The lowest BCUT2D eigenvalue weighted by Crippen LogP contribution is -2.25. The highest BCUT2D eigenvalue weighted by Crippen LogP contribution is 2.22. The zero-order valence-corrected chi connectivity index (χ0v) is 13.0. The van der Waals surface area contributed by atoms with E-state index < -0.39 is 0 Å². The van der Waals surface area contributed by atoms with Crippen molar-refractivity contribution >= 4 is 21.7 Å². The zero-order valence-electron chi connectivity index (χ0n) is 11.5. The largest absolute Gasteiger partial charge is 0.365 e. The second kappa shape index (κ2) is 6.45. The third kappa shape index (κ3) is 4.51. The Morgan fingerprint density at radius 2 is 1.89 bits per heavy atom. The van der Waals surface area contributed by atoms with Gasteiger partial charge in [0, 0.05) is 25.7 Å². The van der Waals surface area contributed by atoms with Crippen LogP contribution in [0.5, 0.6) is 0 Å². The van der Waals surface area contributed by atoms with Gasteiger partial charge in [0.2, 0.25) is 0 Å². The summed E-state index contributed by atoms with van der Waals surface area (Å²) in [6.07, 6.45) is -0.295. The molecule has 0 saturated heterocycles. The van der Waals surface area contributed by atoms with E-state index in [4.69, 9.17) is 9.47 Å². The molecule has 1 N–H and O–H groups in total. The summed E-state index contributed by atoms with van der Waals surface area (Å²) < 4.78 is 11.0. The van der Waals surface area contributed by atoms with Crippen LogP contribution < -0.4 is 5.32 Å². The highest BCUT2D eigenvalue weighted by molar-refractivity contribution is 9.10. The van der Waals surface area contributed by atoms with E-state index in [1.165, 1.54) is 0 Å². The number of methoxy groups -OCH3 is 2. The molecule has 1 aromatic rings. The van der Waals surface area contributed by atoms with Crippen LogP contribution in [0.4, 0.5) is 5.82 Å². The molecule has 1 rings (SSSR count). The number of ether oxygens (including phenoxy) is 2. The summed E-state index contributed by atoms with van der Waals surface area (Å²) >= 11 is 3.39. The molecular formula is C12H20BrN3O2. The molecule has 0 atom stereocenters. The maximum Gasteiger partial charge on any atom is 0.173 e. The van der Waals surface area contributed by atoms with Crippen LogP contribution in [0.15, 0.2) is 10.7 Å². The van der Waals surface area contributed by atoms with Crippen LogP contribution in [0, 0.1) is 0 Å². The number of aromatic nitrogens is 2. The Hall–Kier alpha value is -0.720. The van der Waals surface area contributed by atoms with Crippen molar-refractivity contribution in [2.24, 2.45) is 0 Å². The fourth-order valence-corrected chi connectivity index (χ4v) is 1.68. The van der Waals surface area contributed by atoms with Crippen molar-refractivity contribution < 1.29 is 9.47 Å². The average molecular weight is 318 g/mol. The molecule has 0 spiro atoms. The fraction of sp³-hybridized carbons (Fsp3) is 0.667. The number of halogens is 1. The van der Waals surface area contributed by atoms with Crippen molar-refractivity contribution in [1.29, 1.82) is 0 Å². The minimum Gasteiger partial charge on any atom is -0.365 e. The Bertz CT molecular complexity index is 389. The van der Waals surface area contributed by atoms with E-state index in [-0.39, 0.29) is 11.7 Å². The van der Waals surface area contributed by atoms with Gasteiger partial charge in [0.05, 0.1) is 6.54 Å². The Morgan fingerprint density at radius 3 is 2.39 bits per heavy atom. The first-order valence-corrected chi connectivity index (χ1v) is 6.50. The van der Waals surface area contributed by atoms with Crippen LogP contribution >= 0.6 is 15.9 Å². The number of anilines is 1. The summed E-state index contributed by atoms with van der Waals surface area (Å²) in [6.45, 7) is 6.75. The molecule has 0 amide bonds. The molecule has 0 aliphatic rings. The molecule has 0 fully saturated rings. The van der Waals surface area contributed by atoms with Gasteiger partial charge in [-0.05, 0) is 15.9 Å². The summed E-state index contributed by atoms with van der Waals surface area (Å²) in [4.78, 5) is 8.86. The number of hydrogen-bond donors (Lipinski definition) is 1. The zero-order chi connectivity index (χ0) is 13.8. The van der Waals surface area contributed by atoms with Gasteiger partial charge in [-0.2, -0.15) is 0 Å². The van der Waals surface area contributed by atoms with Gasteiger partial charge in [0.25, 0.3) is 0 Å².